The van der Waals surface area contributed by atoms with Crippen molar-refractivity contribution in [3.8, 4) is 16.9 Å². The van der Waals surface area contributed by atoms with Crippen molar-refractivity contribution in [1.29, 1.82) is 0 Å². The van der Waals surface area contributed by atoms with Crippen molar-refractivity contribution >= 4 is 11.3 Å². The molecule has 5 rings (SSSR count). The molecule has 0 amide bonds. The number of fused-ring (bicyclic) bond motifs is 5. The summed E-state index contributed by atoms with van der Waals surface area (Å²) in [5, 5.41) is 0. The maximum Gasteiger partial charge on any atom is 0.127 e. The number of hydrogen-bond acceptors (Lipinski definition) is 2. The van der Waals surface area contributed by atoms with E-state index in [9.17, 15) is 4.39 Å². The van der Waals surface area contributed by atoms with Gasteiger partial charge in [-0.1, -0.05) is 42.5 Å². The van der Waals surface area contributed by atoms with Gasteiger partial charge in [-0.2, -0.15) is 0 Å². The van der Waals surface area contributed by atoms with E-state index >= 15 is 0 Å². The number of nitrogens with zero attached hydrogens (tertiary/aromatic N) is 1. The van der Waals surface area contributed by atoms with Crippen LogP contribution in [0.3, 0.4) is 0 Å². The van der Waals surface area contributed by atoms with Gasteiger partial charge in [0.05, 0.1) is 5.54 Å². The molecule has 3 aromatic rings. The number of anilines is 1. The fourth-order valence-corrected chi connectivity index (χ4v) is 4.76. The van der Waals surface area contributed by atoms with E-state index in [0.29, 0.717) is 13.2 Å². The largest absolute Gasteiger partial charge is 0.488 e. The fraction of sp³-hybridized carbons (Fsp3) is 0.231. The van der Waals surface area contributed by atoms with Gasteiger partial charge in [-0.15, -0.1) is 0 Å². The van der Waals surface area contributed by atoms with Gasteiger partial charge >= 0.3 is 0 Å². The standard InChI is InChI=1S/C26H24FNO/c1-17-14-26(2,3)28(15-18-7-6-8-19(27)13-18)23-12-11-20-21-9-4-5-10-24(21)29-16-22(20)25(17)23/h4-14H,15-16H2,1-3H3. The van der Waals surface area contributed by atoms with Crippen LogP contribution in [0.25, 0.3) is 16.7 Å². The highest BCUT2D eigenvalue weighted by Gasteiger charge is 2.34. The van der Waals surface area contributed by atoms with Crippen molar-refractivity contribution in [1.82, 2.24) is 0 Å². The number of allylic oxidation sites excluding steroid dienone is 1. The number of ether oxygens (including phenoxy) is 1. The predicted molar refractivity (Wildman–Crippen MR) is 117 cm³/mol. The number of benzene rings is 3. The highest BCUT2D eigenvalue weighted by atomic mass is 19.1. The maximum absolute atomic E-state index is 13.8. The van der Waals surface area contributed by atoms with Crippen molar-refractivity contribution in [2.75, 3.05) is 4.90 Å². The lowest BCUT2D eigenvalue weighted by Gasteiger charge is -2.44. The Balaban J connectivity index is 1.66. The Bertz CT molecular complexity index is 1150. The number of hydrogen-bond donors (Lipinski definition) is 0. The summed E-state index contributed by atoms with van der Waals surface area (Å²) >= 11 is 0. The van der Waals surface area contributed by atoms with Gasteiger partial charge in [-0.3, -0.25) is 0 Å². The van der Waals surface area contributed by atoms with Crippen LogP contribution in [0.5, 0.6) is 5.75 Å². The second kappa shape index (κ2) is 6.48. The lowest BCUT2D eigenvalue weighted by atomic mass is 9.83. The van der Waals surface area contributed by atoms with E-state index in [-0.39, 0.29) is 11.4 Å². The molecule has 0 saturated carbocycles. The minimum Gasteiger partial charge on any atom is -0.488 e. The molecule has 0 spiro atoms. The van der Waals surface area contributed by atoms with Gasteiger partial charge in [-0.25, -0.2) is 4.39 Å². The summed E-state index contributed by atoms with van der Waals surface area (Å²) in [4.78, 5) is 2.37. The zero-order chi connectivity index (χ0) is 20.2. The molecule has 146 valence electrons. The summed E-state index contributed by atoms with van der Waals surface area (Å²) in [6, 6.07) is 19.5. The summed E-state index contributed by atoms with van der Waals surface area (Å²) in [7, 11) is 0. The molecular weight excluding hydrogens is 361 g/mol. The van der Waals surface area contributed by atoms with E-state index in [1.165, 1.54) is 34.0 Å². The average molecular weight is 385 g/mol. The van der Waals surface area contributed by atoms with E-state index in [0.717, 1.165) is 16.9 Å². The van der Waals surface area contributed by atoms with Crippen LogP contribution in [0.15, 0.2) is 66.7 Å². The highest BCUT2D eigenvalue weighted by Crippen LogP contribution is 2.47. The quantitative estimate of drug-likeness (QED) is 0.493. The third kappa shape index (κ3) is 2.93. The molecule has 2 nitrogen and oxygen atoms in total. The predicted octanol–water partition coefficient (Wildman–Crippen LogP) is 6.59. The average Bonchev–Trinajstić information content (AvgIpc) is 2.70. The van der Waals surface area contributed by atoms with E-state index in [2.05, 4.69) is 56.0 Å². The summed E-state index contributed by atoms with van der Waals surface area (Å²) < 4.78 is 19.9. The summed E-state index contributed by atoms with van der Waals surface area (Å²) in [6.45, 7) is 7.82. The fourth-order valence-electron chi connectivity index (χ4n) is 4.76. The van der Waals surface area contributed by atoms with Crippen LogP contribution in [0.1, 0.15) is 37.5 Å². The van der Waals surface area contributed by atoms with Crippen LogP contribution in [-0.2, 0) is 13.2 Å². The molecular formula is C26H24FNO. The molecule has 0 bridgehead atoms. The first kappa shape index (κ1) is 18.0. The second-order valence-electron chi connectivity index (χ2n) is 8.47. The van der Waals surface area contributed by atoms with Crippen LogP contribution < -0.4 is 9.64 Å². The van der Waals surface area contributed by atoms with Gasteiger partial charge in [-0.05, 0) is 61.7 Å². The number of rotatable bonds is 2. The van der Waals surface area contributed by atoms with E-state index in [1.807, 2.05) is 18.2 Å². The lowest BCUT2D eigenvalue weighted by Crippen LogP contribution is -2.44. The molecule has 0 radical (unpaired) electrons. The van der Waals surface area contributed by atoms with Gasteiger partial charge in [0.25, 0.3) is 0 Å². The number of halogens is 1. The van der Waals surface area contributed by atoms with E-state index in [1.54, 1.807) is 12.1 Å². The first-order valence-corrected chi connectivity index (χ1v) is 10.0. The first-order chi connectivity index (χ1) is 13.9. The molecule has 0 unspecified atom stereocenters. The highest BCUT2D eigenvalue weighted by molar-refractivity contribution is 5.89. The summed E-state index contributed by atoms with van der Waals surface area (Å²) in [5.74, 6) is 0.744. The molecule has 0 saturated heterocycles. The third-order valence-corrected chi connectivity index (χ3v) is 6.02. The third-order valence-electron chi connectivity index (χ3n) is 6.02. The zero-order valence-corrected chi connectivity index (χ0v) is 17.0. The van der Waals surface area contributed by atoms with Gasteiger partial charge in [0, 0.05) is 28.9 Å². The molecule has 0 fully saturated rings. The molecule has 0 N–H and O–H groups in total. The van der Waals surface area contributed by atoms with Crippen LogP contribution in [0, 0.1) is 5.82 Å². The van der Waals surface area contributed by atoms with Crippen LogP contribution in [-0.4, -0.2) is 5.54 Å². The van der Waals surface area contributed by atoms with Crippen LogP contribution in [0.4, 0.5) is 10.1 Å². The normalized spacial score (nSPS) is 16.3. The van der Waals surface area contributed by atoms with Gasteiger partial charge in [0.15, 0.2) is 0 Å². The van der Waals surface area contributed by atoms with Gasteiger partial charge in [0.1, 0.15) is 18.2 Å². The monoisotopic (exact) mass is 385 g/mol. The lowest BCUT2D eigenvalue weighted by molar-refractivity contribution is 0.302. The van der Waals surface area contributed by atoms with Crippen LogP contribution >= 0.6 is 0 Å². The molecule has 2 aliphatic rings. The molecule has 3 aromatic carbocycles. The van der Waals surface area contributed by atoms with Crippen molar-refractivity contribution in [2.24, 2.45) is 0 Å². The maximum atomic E-state index is 13.8. The Hall–Kier alpha value is -3.07. The van der Waals surface area contributed by atoms with Crippen LogP contribution in [0.2, 0.25) is 0 Å². The molecule has 29 heavy (non-hydrogen) atoms. The molecule has 3 heteroatoms. The molecule has 2 aliphatic heterocycles. The SMILES string of the molecule is CC1=CC(C)(C)N(Cc2cccc(F)c2)c2ccc3c(c21)COc1ccccc1-3. The van der Waals surface area contributed by atoms with Crippen molar-refractivity contribution in [2.45, 2.75) is 39.5 Å². The van der Waals surface area contributed by atoms with Crippen molar-refractivity contribution < 1.29 is 9.13 Å². The zero-order valence-electron chi connectivity index (χ0n) is 17.0. The molecule has 0 aromatic heterocycles. The first-order valence-electron chi connectivity index (χ1n) is 10.0. The number of para-hydroxylation sites is 1. The Morgan fingerprint density at radius 1 is 1.00 bits per heavy atom. The summed E-state index contributed by atoms with van der Waals surface area (Å²) in [5.41, 5.74) is 8.10. The molecule has 2 heterocycles. The van der Waals surface area contributed by atoms with Crippen molar-refractivity contribution in [3.63, 3.8) is 0 Å². The van der Waals surface area contributed by atoms with Gasteiger partial charge in [0.2, 0.25) is 0 Å². The van der Waals surface area contributed by atoms with E-state index < -0.39 is 0 Å². The minimum atomic E-state index is -0.195. The smallest absolute Gasteiger partial charge is 0.127 e. The topological polar surface area (TPSA) is 12.5 Å². The Morgan fingerprint density at radius 3 is 2.66 bits per heavy atom. The second-order valence-corrected chi connectivity index (χ2v) is 8.47. The Labute approximate surface area is 171 Å². The van der Waals surface area contributed by atoms with Crippen molar-refractivity contribution in [3.05, 3.63) is 89.2 Å². The molecule has 0 atom stereocenters. The summed E-state index contributed by atoms with van der Waals surface area (Å²) in [6.07, 6.45) is 2.31. The van der Waals surface area contributed by atoms with Gasteiger partial charge < -0.3 is 9.64 Å². The Kier molecular flexibility index (Phi) is 4.02. The molecule has 0 aliphatic carbocycles. The minimum absolute atomic E-state index is 0.176. The van der Waals surface area contributed by atoms with E-state index in [4.69, 9.17) is 4.74 Å². The Morgan fingerprint density at radius 2 is 1.83 bits per heavy atom.